The van der Waals surface area contributed by atoms with E-state index in [4.69, 9.17) is 4.98 Å². The lowest BCUT2D eigenvalue weighted by molar-refractivity contribution is 0.315. The van der Waals surface area contributed by atoms with Gasteiger partial charge in [0.25, 0.3) is 0 Å². The minimum atomic E-state index is 0.628. The van der Waals surface area contributed by atoms with E-state index in [1.165, 1.54) is 6.42 Å². The van der Waals surface area contributed by atoms with E-state index < -0.39 is 0 Å². The molecule has 2 heterocycles. The van der Waals surface area contributed by atoms with Crippen molar-refractivity contribution in [3.8, 4) is 0 Å². The summed E-state index contributed by atoms with van der Waals surface area (Å²) >= 11 is 0. The van der Waals surface area contributed by atoms with Gasteiger partial charge in [-0.15, -0.1) is 0 Å². The topological polar surface area (TPSA) is 44.3 Å². The molecule has 106 valence electrons. The lowest BCUT2D eigenvalue weighted by Crippen LogP contribution is -2.31. The van der Waals surface area contributed by atoms with Gasteiger partial charge in [0, 0.05) is 31.9 Å². The second kappa shape index (κ2) is 6.82. The monoisotopic (exact) mass is 263 g/mol. The molecule has 0 amide bonds. The Hall–Kier alpha value is -1.20. The molecule has 1 saturated heterocycles. The highest BCUT2D eigenvalue weighted by atomic mass is 15.3. The summed E-state index contributed by atoms with van der Waals surface area (Å²) in [6, 6.07) is 0.628. The summed E-state index contributed by atoms with van der Waals surface area (Å²) < 4.78 is 0. The van der Waals surface area contributed by atoms with Crippen LogP contribution in [0.2, 0.25) is 0 Å². The van der Waals surface area contributed by atoms with Crippen LogP contribution in [-0.2, 0) is 6.54 Å². The highest BCUT2D eigenvalue weighted by molar-refractivity contribution is 5.38. The van der Waals surface area contributed by atoms with Crippen LogP contribution in [0.3, 0.4) is 0 Å². The van der Waals surface area contributed by atoms with Crippen LogP contribution in [0.1, 0.15) is 25.5 Å². The lowest BCUT2D eigenvalue weighted by atomic mass is 10.2. The molecule has 19 heavy (non-hydrogen) atoms. The van der Waals surface area contributed by atoms with E-state index >= 15 is 0 Å². The molecule has 1 unspecified atom stereocenters. The van der Waals surface area contributed by atoms with Gasteiger partial charge in [0.1, 0.15) is 5.82 Å². The number of rotatable bonds is 6. The second-order valence-electron chi connectivity index (χ2n) is 5.40. The van der Waals surface area contributed by atoms with Gasteiger partial charge in [-0.05, 0) is 33.5 Å². The first-order chi connectivity index (χ1) is 9.20. The zero-order valence-electron chi connectivity index (χ0n) is 12.3. The first-order valence-corrected chi connectivity index (χ1v) is 7.13. The van der Waals surface area contributed by atoms with Gasteiger partial charge in [0.15, 0.2) is 0 Å². The molecule has 1 aromatic heterocycles. The van der Waals surface area contributed by atoms with Crippen molar-refractivity contribution in [2.45, 2.75) is 32.4 Å². The quantitative estimate of drug-likeness (QED) is 0.779. The highest BCUT2D eigenvalue weighted by Crippen LogP contribution is 2.19. The summed E-state index contributed by atoms with van der Waals surface area (Å²) in [4.78, 5) is 13.6. The van der Waals surface area contributed by atoms with Crippen molar-refractivity contribution < 1.29 is 0 Å². The Kier molecular flexibility index (Phi) is 5.10. The van der Waals surface area contributed by atoms with Gasteiger partial charge in [-0.3, -0.25) is 4.98 Å². The predicted octanol–water partition coefficient (Wildman–Crippen LogP) is 1.12. The molecule has 0 saturated carbocycles. The molecular weight excluding hydrogens is 238 g/mol. The van der Waals surface area contributed by atoms with E-state index in [1.807, 2.05) is 12.4 Å². The minimum Gasteiger partial charge on any atom is -0.354 e. The van der Waals surface area contributed by atoms with E-state index in [-0.39, 0.29) is 0 Å². The van der Waals surface area contributed by atoms with E-state index in [0.717, 1.165) is 44.1 Å². The van der Waals surface area contributed by atoms with Gasteiger partial charge in [0.2, 0.25) is 0 Å². The number of likely N-dealkylation sites (N-methyl/N-ethyl adjacent to an activating group) is 1. The van der Waals surface area contributed by atoms with Gasteiger partial charge in [-0.1, -0.05) is 6.92 Å². The van der Waals surface area contributed by atoms with Crippen molar-refractivity contribution in [2.75, 3.05) is 38.6 Å². The standard InChI is InChI=1S/C14H25N5/c1-4-6-15-8-12-9-16-10-14(17-12)19-7-5-13(11-19)18(2)3/h9-10,13,15H,4-8,11H2,1-3H3. The number of aromatic nitrogens is 2. The molecule has 0 aromatic carbocycles. The van der Waals surface area contributed by atoms with Gasteiger partial charge < -0.3 is 15.1 Å². The van der Waals surface area contributed by atoms with E-state index in [0.29, 0.717) is 6.04 Å². The molecule has 1 aromatic rings. The summed E-state index contributed by atoms with van der Waals surface area (Å²) in [5.41, 5.74) is 1.03. The smallest absolute Gasteiger partial charge is 0.147 e. The fourth-order valence-electron chi connectivity index (χ4n) is 2.40. The fraction of sp³-hybridized carbons (Fsp3) is 0.714. The van der Waals surface area contributed by atoms with Crippen molar-refractivity contribution in [1.29, 1.82) is 0 Å². The molecule has 0 spiro atoms. The zero-order chi connectivity index (χ0) is 13.7. The number of anilines is 1. The molecule has 0 aliphatic carbocycles. The third kappa shape index (κ3) is 3.88. The van der Waals surface area contributed by atoms with Crippen molar-refractivity contribution in [2.24, 2.45) is 0 Å². The molecular formula is C14H25N5. The average Bonchev–Trinajstić information content (AvgIpc) is 2.89. The Morgan fingerprint density at radius 3 is 2.95 bits per heavy atom. The van der Waals surface area contributed by atoms with Crippen molar-refractivity contribution in [3.63, 3.8) is 0 Å². The van der Waals surface area contributed by atoms with Crippen molar-refractivity contribution in [1.82, 2.24) is 20.2 Å². The first-order valence-electron chi connectivity index (χ1n) is 7.13. The number of hydrogen-bond donors (Lipinski definition) is 1. The Morgan fingerprint density at radius 2 is 2.26 bits per heavy atom. The minimum absolute atomic E-state index is 0.628. The zero-order valence-corrected chi connectivity index (χ0v) is 12.3. The summed E-state index contributed by atoms with van der Waals surface area (Å²) in [6.07, 6.45) is 6.07. The van der Waals surface area contributed by atoms with Gasteiger partial charge in [0.05, 0.1) is 11.9 Å². The third-order valence-electron chi connectivity index (χ3n) is 3.62. The summed E-state index contributed by atoms with van der Waals surface area (Å²) in [5.74, 6) is 1.01. The Bertz CT molecular complexity index is 393. The molecule has 5 heteroatoms. The lowest BCUT2D eigenvalue weighted by Gasteiger charge is -2.21. The van der Waals surface area contributed by atoms with Crippen LogP contribution in [-0.4, -0.2) is 54.6 Å². The third-order valence-corrected chi connectivity index (χ3v) is 3.62. The van der Waals surface area contributed by atoms with Crippen LogP contribution in [0.5, 0.6) is 0 Å². The molecule has 0 radical (unpaired) electrons. The van der Waals surface area contributed by atoms with E-state index in [1.54, 1.807) is 0 Å². The van der Waals surface area contributed by atoms with Crippen LogP contribution in [0, 0.1) is 0 Å². The molecule has 1 aliphatic heterocycles. The Balaban J connectivity index is 1.95. The van der Waals surface area contributed by atoms with Crippen LogP contribution >= 0.6 is 0 Å². The first kappa shape index (κ1) is 14.2. The summed E-state index contributed by atoms with van der Waals surface area (Å²) in [6.45, 7) is 6.12. The highest BCUT2D eigenvalue weighted by Gasteiger charge is 2.24. The van der Waals surface area contributed by atoms with Gasteiger partial charge in [-0.25, -0.2) is 4.98 Å². The molecule has 1 fully saturated rings. The number of hydrogen-bond acceptors (Lipinski definition) is 5. The Morgan fingerprint density at radius 1 is 1.42 bits per heavy atom. The molecule has 1 aliphatic rings. The maximum Gasteiger partial charge on any atom is 0.147 e. The van der Waals surface area contributed by atoms with Crippen LogP contribution < -0.4 is 10.2 Å². The summed E-state index contributed by atoms with van der Waals surface area (Å²) in [7, 11) is 4.29. The van der Waals surface area contributed by atoms with Crippen LogP contribution in [0.15, 0.2) is 12.4 Å². The molecule has 1 N–H and O–H groups in total. The normalized spacial score (nSPS) is 19.4. The Labute approximate surface area is 116 Å². The van der Waals surface area contributed by atoms with Crippen LogP contribution in [0.25, 0.3) is 0 Å². The predicted molar refractivity (Wildman–Crippen MR) is 78.3 cm³/mol. The largest absolute Gasteiger partial charge is 0.354 e. The molecule has 1 atom stereocenters. The SMILES string of the molecule is CCCNCc1cncc(N2CCC(N(C)C)C2)n1. The number of nitrogens with one attached hydrogen (secondary N) is 1. The molecule has 0 bridgehead atoms. The fourth-order valence-corrected chi connectivity index (χ4v) is 2.40. The second-order valence-corrected chi connectivity index (χ2v) is 5.40. The van der Waals surface area contributed by atoms with Crippen LogP contribution in [0.4, 0.5) is 5.82 Å². The van der Waals surface area contributed by atoms with E-state index in [9.17, 15) is 0 Å². The van der Waals surface area contributed by atoms with Crippen molar-refractivity contribution >= 4 is 5.82 Å². The average molecular weight is 263 g/mol. The molecule has 5 nitrogen and oxygen atoms in total. The maximum absolute atomic E-state index is 4.70. The summed E-state index contributed by atoms with van der Waals surface area (Å²) in [5, 5.41) is 3.37. The maximum atomic E-state index is 4.70. The van der Waals surface area contributed by atoms with Crippen molar-refractivity contribution in [3.05, 3.63) is 18.1 Å². The van der Waals surface area contributed by atoms with Gasteiger partial charge in [-0.2, -0.15) is 0 Å². The van der Waals surface area contributed by atoms with Gasteiger partial charge >= 0.3 is 0 Å². The number of nitrogens with zero attached hydrogens (tertiary/aromatic N) is 4. The van der Waals surface area contributed by atoms with E-state index in [2.05, 4.69) is 41.1 Å². The molecule has 2 rings (SSSR count).